The highest BCUT2D eigenvalue weighted by Crippen LogP contribution is 2.38. The fourth-order valence-electron chi connectivity index (χ4n) is 6.81. The van der Waals surface area contributed by atoms with Crippen LogP contribution in [0.15, 0.2) is 182 Å². The van der Waals surface area contributed by atoms with Gasteiger partial charge in [-0.05, 0) is 64.0 Å². The second kappa shape index (κ2) is 12.5. The molecule has 0 aliphatic carbocycles. The highest BCUT2D eigenvalue weighted by atomic mass is 32.1. The van der Waals surface area contributed by atoms with Crippen molar-refractivity contribution in [2.24, 2.45) is 0 Å². The van der Waals surface area contributed by atoms with Crippen LogP contribution in [0.25, 0.3) is 64.3 Å². The molecular formula is C46H32N2S. The molecule has 0 saturated heterocycles. The second-order valence-electron chi connectivity index (χ2n) is 12.3. The number of benzene rings is 8. The predicted octanol–water partition coefficient (Wildman–Crippen LogP) is 13.7. The van der Waals surface area contributed by atoms with Gasteiger partial charge in [-0.1, -0.05) is 146 Å². The van der Waals surface area contributed by atoms with Gasteiger partial charge in [0.2, 0.25) is 0 Å². The van der Waals surface area contributed by atoms with Gasteiger partial charge < -0.3 is 10.6 Å². The van der Waals surface area contributed by atoms with Crippen LogP contribution in [0.2, 0.25) is 0 Å². The predicted molar refractivity (Wildman–Crippen MR) is 213 cm³/mol. The van der Waals surface area contributed by atoms with Crippen LogP contribution >= 0.6 is 11.3 Å². The topological polar surface area (TPSA) is 24.1 Å². The van der Waals surface area contributed by atoms with Crippen LogP contribution < -0.4 is 10.6 Å². The van der Waals surface area contributed by atoms with Crippen molar-refractivity contribution >= 4 is 65.0 Å². The van der Waals surface area contributed by atoms with Gasteiger partial charge in [0.05, 0.1) is 0 Å². The van der Waals surface area contributed by atoms with Gasteiger partial charge in [-0.2, -0.15) is 0 Å². The zero-order valence-corrected chi connectivity index (χ0v) is 27.5. The zero-order chi connectivity index (χ0) is 32.6. The fraction of sp³-hybridized carbons (Fsp3) is 0. The van der Waals surface area contributed by atoms with E-state index in [0.717, 1.165) is 22.7 Å². The molecular weight excluding hydrogens is 613 g/mol. The SMILES string of the molecule is c1ccc(-c2ccc(-c3ccc(-c4ccccc4Nc4cccc5ccccc45)cc3)cc2)c(Nc2ccc3c(c2)sc2ccccc23)c1. The van der Waals surface area contributed by atoms with Gasteiger partial charge in [0.25, 0.3) is 0 Å². The van der Waals surface area contributed by atoms with E-state index in [1.807, 2.05) is 11.3 Å². The van der Waals surface area contributed by atoms with Gasteiger partial charge in [0, 0.05) is 59.4 Å². The molecule has 0 bridgehead atoms. The average molecular weight is 645 g/mol. The number of hydrogen-bond donors (Lipinski definition) is 2. The average Bonchev–Trinajstić information content (AvgIpc) is 3.54. The first-order valence-electron chi connectivity index (χ1n) is 16.6. The summed E-state index contributed by atoms with van der Waals surface area (Å²) in [6.45, 7) is 0. The normalized spacial score (nSPS) is 11.3. The summed E-state index contributed by atoms with van der Waals surface area (Å²) >= 11 is 1.84. The highest BCUT2D eigenvalue weighted by molar-refractivity contribution is 7.25. The number of hydrogen-bond acceptors (Lipinski definition) is 3. The molecule has 0 unspecified atom stereocenters. The van der Waals surface area contributed by atoms with Crippen molar-refractivity contribution in [1.82, 2.24) is 0 Å². The summed E-state index contributed by atoms with van der Waals surface area (Å²) in [4.78, 5) is 0. The Morgan fingerprint density at radius 2 is 0.837 bits per heavy atom. The maximum Gasteiger partial charge on any atom is 0.0464 e. The van der Waals surface area contributed by atoms with Crippen molar-refractivity contribution < 1.29 is 0 Å². The maximum absolute atomic E-state index is 3.71. The van der Waals surface area contributed by atoms with Gasteiger partial charge in [0.1, 0.15) is 0 Å². The third-order valence-corrected chi connectivity index (χ3v) is 10.4. The molecule has 0 spiro atoms. The summed E-state index contributed by atoms with van der Waals surface area (Å²) in [5, 5.41) is 12.5. The molecule has 9 aromatic rings. The molecule has 0 aliphatic rings. The molecule has 2 N–H and O–H groups in total. The molecule has 9 rings (SSSR count). The number of nitrogens with one attached hydrogen (secondary N) is 2. The number of thiophene rings is 1. The largest absolute Gasteiger partial charge is 0.355 e. The quantitative estimate of drug-likeness (QED) is 0.180. The van der Waals surface area contributed by atoms with Crippen molar-refractivity contribution in [2.45, 2.75) is 0 Å². The monoisotopic (exact) mass is 644 g/mol. The third kappa shape index (κ3) is 5.61. The van der Waals surface area contributed by atoms with E-state index in [2.05, 4.69) is 193 Å². The van der Waals surface area contributed by atoms with Crippen molar-refractivity contribution in [3.05, 3.63) is 182 Å². The summed E-state index contributed by atoms with van der Waals surface area (Å²) in [6.07, 6.45) is 0. The first-order chi connectivity index (χ1) is 24.3. The number of rotatable bonds is 7. The van der Waals surface area contributed by atoms with Gasteiger partial charge in [-0.25, -0.2) is 0 Å². The zero-order valence-electron chi connectivity index (χ0n) is 26.7. The number of para-hydroxylation sites is 2. The molecule has 0 aliphatic heterocycles. The lowest BCUT2D eigenvalue weighted by Gasteiger charge is -2.15. The van der Waals surface area contributed by atoms with Crippen LogP contribution in [-0.2, 0) is 0 Å². The molecule has 0 fully saturated rings. The Morgan fingerprint density at radius 3 is 1.55 bits per heavy atom. The van der Waals surface area contributed by atoms with Gasteiger partial charge in [-0.3, -0.25) is 0 Å². The summed E-state index contributed by atoms with van der Waals surface area (Å²) in [6, 6.07) is 65.1. The Morgan fingerprint density at radius 1 is 0.327 bits per heavy atom. The van der Waals surface area contributed by atoms with Gasteiger partial charge in [0.15, 0.2) is 0 Å². The molecule has 3 heteroatoms. The van der Waals surface area contributed by atoms with E-state index in [1.54, 1.807) is 0 Å². The summed E-state index contributed by atoms with van der Waals surface area (Å²) < 4.78 is 2.62. The minimum Gasteiger partial charge on any atom is -0.355 e. The Hall–Kier alpha value is -6.16. The Bertz CT molecular complexity index is 2590. The molecule has 1 heterocycles. The van der Waals surface area contributed by atoms with E-state index in [0.29, 0.717) is 0 Å². The van der Waals surface area contributed by atoms with E-state index in [4.69, 9.17) is 0 Å². The molecule has 8 aromatic carbocycles. The van der Waals surface area contributed by atoms with Gasteiger partial charge in [-0.15, -0.1) is 11.3 Å². The fourth-order valence-corrected chi connectivity index (χ4v) is 7.96. The molecule has 0 atom stereocenters. The van der Waals surface area contributed by atoms with Crippen LogP contribution in [0, 0.1) is 0 Å². The van der Waals surface area contributed by atoms with Crippen LogP contribution in [0.3, 0.4) is 0 Å². The lowest BCUT2D eigenvalue weighted by Crippen LogP contribution is -1.94. The van der Waals surface area contributed by atoms with Crippen LogP contribution in [0.5, 0.6) is 0 Å². The Kier molecular flexibility index (Phi) is 7.38. The smallest absolute Gasteiger partial charge is 0.0464 e. The summed E-state index contributed by atoms with van der Waals surface area (Å²) in [5.41, 5.74) is 11.5. The molecule has 232 valence electrons. The molecule has 2 nitrogen and oxygen atoms in total. The lowest BCUT2D eigenvalue weighted by molar-refractivity contribution is 1.53. The maximum atomic E-state index is 3.71. The summed E-state index contributed by atoms with van der Waals surface area (Å²) in [5.74, 6) is 0. The van der Waals surface area contributed by atoms with E-state index < -0.39 is 0 Å². The Balaban J connectivity index is 0.957. The van der Waals surface area contributed by atoms with E-state index >= 15 is 0 Å². The molecule has 1 aromatic heterocycles. The van der Waals surface area contributed by atoms with Crippen molar-refractivity contribution in [2.75, 3.05) is 10.6 Å². The van der Waals surface area contributed by atoms with Gasteiger partial charge >= 0.3 is 0 Å². The van der Waals surface area contributed by atoms with Crippen LogP contribution in [-0.4, -0.2) is 0 Å². The van der Waals surface area contributed by atoms with E-state index in [-0.39, 0.29) is 0 Å². The minimum absolute atomic E-state index is 1.09. The minimum atomic E-state index is 1.09. The van der Waals surface area contributed by atoms with Crippen molar-refractivity contribution in [3.63, 3.8) is 0 Å². The second-order valence-corrected chi connectivity index (χ2v) is 13.4. The first-order valence-corrected chi connectivity index (χ1v) is 17.4. The van der Waals surface area contributed by atoms with Crippen molar-refractivity contribution in [3.8, 4) is 33.4 Å². The van der Waals surface area contributed by atoms with E-state index in [1.165, 1.54) is 64.3 Å². The number of fused-ring (bicyclic) bond motifs is 4. The Labute approximate surface area is 290 Å². The standard InChI is InChI=1S/C46H32N2S/c1-2-12-37-33(10-1)11-9-18-44(37)48-43-17-7-4-14-39(43)35-26-22-32(23-27-35)31-20-24-34(25-21-31)38-13-3-6-16-42(38)47-36-28-29-41-40-15-5-8-19-45(40)49-46(41)30-36/h1-30,47-48H. The molecule has 49 heavy (non-hydrogen) atoms. The number of anilines is 4. The third-order valence-electron chi connectivity index (χ3n) is 9.30. The molecule has 0 radical (unpaired) electrons. The van der Waals surface area contributed by atoms with Crippen molar-refractivity contribution in [1.29, 1.82) is 0 Å². The van der Waals surface area contributed by atoms with Crippen LogP contribution in [0.4, 0.5) is 22.7 Å². The lowest BCUT2D eigenvalue weighted by atomic mass is 9.97. The first kappa shape index (κ1) is 29.0. The van der Waals surface area contributed by atoms with Crippen LogP contribution in [0.1, 0.15) is 0 Å². The highest BCUT2D eigenvalue weighted by Gasteiger charge is 2.11. The van der Waals surface area contributed by atoms with E-state index in [9.17, 15) is 0 Å². The molecule has 0 amide bonds. The summed E-state index contributed by atoms with van der Waals surface area (Å²) in [7, 11) is 0. The molecule has 0 saturated carbocycles.